The van der Waals surface area contributed by atoms with E-state index in [-0.39, 0.29) is 31.2 Å². The van der Waals surface area contributed by atoms with Gasteiger partial charge in [-0.25, -0.2) is 13.6 Å². The van der Waals surface area contributed by atoms with Crippen LogP contribution in [0.3, 0.4) is 0 Å². The van der Waals surface area contributed by atoms with E-state index in [0.717, 1.165) is 5.56 Å². The number of alkyl halides is 2. The molecule has 2 aromatic rings. The van der Waals surface area contributed by atoms with Gasteiger partial charge in [-0.15, -0.1) is 0 Å². The number of benzene rings is 1. The molecule has 1 aliphatic carbocycles. The molecule has 29 heavy (non-hydrogen) atoms. The highest BCUT2D eigenvalue weighted by Crippen LogP contribution is 2.50. The van der Waals surface area contributed by atoms with Crippen LogP contribution < -0.4 is 14.9 Å². The summed E-state index contributed by atoms with van der Waals surface area (Å²) < 4.78 is 40.3. The van der Waals surface area contributed by atoms with E-state index in [1.165, 1.54) is 26.5 Å². The summed E-state index contributed by atoms with van der Waals surface area (Å²) in [7, 11) is 3.01. The monoisotopic (exact) mass is 405 g/mol. The van der Waals surface area contributed by atoms with Crippen LogP contribution in [0.5, 0.6) is 11.5 Å². The first-order chi connectivity index (χ1) is 13.7. The molecule has 154 valence electrons. The number of pyridine rings is 1. The summed E-state index contributed by atoms with van der Waals surface area (Å²) in [6, 6.07) is 4.83. The molecule has 1 spiro atoms. The van der Waals surface area contributed by atoms with Crippen LogP contribution in [0.2, 0.25) is 0 Å². The standard InChI is InChI=1S/C21H21F2NO5/c1-28-17-7-12-10-20(3-5-21(22,23)6-4-20)24-11-14(19(26)27)16(25)9-15(24)13(12)8-18(17)29-2/h7-9,11H,3-6,10H2,1-2H3,(H,26,27). The van der Waals surface area contributed by atoms with E-state index in [0.29, 0.717) is 29.2 Å². The fraction of sp³-hybridized carbons (Fsp3) is 0.429. The zero-order chi connectivity index (χ0) is 21.0. The van der Waals surface area contributed by atoms with Crippen molar-refractivity contribution in [3.05, 3.63) is 45.7 Å². The molecular weight excluding hydrogens is 384 g/mol. The predicted molar refractivity (Wildman–Crippen MR) is 101 cm³/mol. The molecule has 0 atom stereocenters. The van der Waals surface area contributed by atoms with Gasteiger partial charge in [-0.05, 0) is 37.0 Å². The Kier molecular flexibility index (Phi) is 4.40. The highest BCUT2D eigenvalue weighted by molar-refractivity contribution is 5.88. The van der Waals surface area contributed by atoms with Crippen LogP contribution in [0.4, 0.5) is 8.78 Å². The fourth-order valence-electron chi connectivity index (χ4n) is 4.54. The van der Waals surface area contributed by atoms with Crippen LogP contribution in [0.1, 0.15) is 41.6 Å². The smallest absolute Gasteiger partial charge is 0.341 e. The van der Waals surface area contributed by atoms with E-state index in [2.05, 4.69) is 0 Å². The Morgan fingerprint density at radius 1 is 1.07 bits per heavy atom. The molecule has 4 rings (SSSR count). The Morgan fingerprint density at radius 2 is 1.69 bits per heavy atom. The van der Waals surface area contributed by atoms with Crippen molar-refractivity contribution >= 4 is 5.97 Å². The second-order valence-corrected chi connectivity index (χ2v) is 7.73. The summed E-state index contributed by atoms with van der Waals surface area (Å²) in [5, 5.41) is 9.41. The van der Waals surface area contributed by atoms with Gasteiger partial charge < -0.3 is 19.1 Å². The topological polar surface area (TPSA) is 77.8 Å². The first-order valence-corrected chi connectivity index (χ1v) is 9.33. The number of aromatic carboxylic acids is 1. The number of methoxy groups -OCH3 is 2. The van der Waals surface area contributed by atoms with E-state index in [1.807, 2.05) is 6.07 Å². The molecule has 2 aliphatic rings. The van der Waals surface area contributed by atoms with Crippen LogP contribution >= 0.6 is 0 Å². The van der Waals surface area contributed by atoms with Gasteiger partial charge in [0.15, 0.2) is 16.9 Å². The molecule has 1 fully saturated rings. The summed E-state index contributed by atoms with van der Waals surface area (Å²) in [4.78, 5) is 24.0. The Morgan fingerprint density at radius 3 is 2.28 bits per heavy atom. The van der Waals surface area contributed by atoms with E-state index < -0.39 is 22.9 Å². The van der Waals surface area contributed by atoms with Gasteiger partial charge >= 0.3 is 5.97 Å². The van der Waals surface area contributed by atoms with Crippen molar-refractivity contribution in [3.8, 4) is 22.8 Å². The molecule has 1 aromatic heterocycles. The quantitative estimate of drug-likeness (QED) is 0.843. The number of carboxylic acid groups (broad SMARTS) is 1. The number of aromatic nitrogens is 1. The van der Waals surface area contributed by atoms with Gasteiger partial charge in [-0.2, -0.15) is 0 Å². The minimum Gasteiger partial charge on any atom is -0.493 e. The molecular formula is C21H21F2NO5. The molecule has 0 bridgehead atoms. The number of rotatable bonds is 3. The van der Waals surface area contributed by atoms with Gasteiger partial charge in [0.2, 0.25) is 5.92 Å². The first-order valence-electron chi connectivity index (χ1n) is 9.33. The second-order valence-electron chi connectivity index (χ2n) is 7.73. The van der Waals surface area contributed by atoms with Crippen LogP contribution in [-0.4, -0.2) is 35.8 Å². The fourth-order valence-corrected chi connectivity index (χ4v) is 4.54. The van der Waals surface area contributed by atoms with Crippen molar-refractivity contribution in [2.75, 3.05) is 14.2 Å². The van der Waals surface area contributed by atoms with Gasteiger partial charge in [-0.3, -0.25) is 4.79 Å². The zero-order valence-corrected chi connectivity index (χ0v) is 16.1. The molecule has 2 heterocycles. The summed E-state index contributed by atoms with van der Waals surface area (Å²) in [5.74, 6) is -3.09. The minimum atomic E-state index is -2.74. The number of fused-ring (bicyclic) bond motifs is 4. The van der Waals surface area contributed by atoms with E-state index in [1.54, 1.807) is 10.6 Å². The SMILES string of the molecule is COc1cc2c(cc1OC)-c1cc(=O)c(C(=O)O)cn1C1(CCC(F)(F)CC1)C2. The molecule has 0 saturated heterocycles. The Hall–Kier alpha value is -2.90. The average Bonchev–Trinajstić information content (AvgIpc) is 2.69. The van der Waals surface area contributed by atoms with Crippen molar-refractivity contribution in [2.45, 2.75) is 43.6 Å². The van der Waals surface area contributed by atoms with E-state index in [9.17, 15) is 23.5 Å². The van der Waals surface area contributed by atoms with Gasteiger partial charge in [0.05, 0.1) is 19.9 Å². The van der Waals surface area contributed by atoms with Crippen LogP contribution in [0.25, 0.3) is 11.3 Å². The molecule has 1 aromatic carbocycles. The number of nitrogens with zero attached hydrogens (tertiary/aromatic N) is 1. The lowest BCUT2D eigenvalue weighted by Crippen LogP contribution is -2.46. The molecule has 0 radical (unpaired) electrons. The highest BCUT2D eigenvalue weighted by Gasteiger charge is 2.47. The number of carboxylic acids is 1. The molecule has 0 unspecified atom stereocenters. The van der Waals surface area contributed by atoms with Gasteiger partial charge in [0, 0.05) is 36.2 Å². The van der Waals surface area contributed by atoms with Gasteiger partial charge in [-0.1, -0.05) is 0 Å². The maximum atomic E-state index is 13.9. The number of hydrogen-bond donors (Lipinski definition) is 1. The number of ether oxygens (including phenoxy) is 2. The average molecular weight is 405 g/mol. The Balaban J connectivity index is 1.97. The Labute approximate surface area is 165 Å². The molecule has 6 nitrogen and oxygen atoms in total. The van der Waals surface area contributed by atoms with Gasteiger partial charge in [0.25, 0.3) is 0 Å². The normalized spacial score (nSPS) is 18.6. The molecule has 8 heteroatoms. The number of halogens is 2. The third-order valence-corrected chi connectivity index (χ3v) is 6.11. The first kappa shape index (κ1) is 19.4. The van der Waals surface area contributed by atoms with Crippen molar-refractivity contribution < 1.29 is 28.2 Å². The van der Waals surface area contributed by atoms with E-state index in [4.69, 9.17) is 9.47 Å². The zero-order valence-electron chi connectivity index (χ0n) is 16.1. The second kappa shape index (κ2) is 6.57. The third-order valence-electron chi connectivity index (χ3n) is 6.11. The molecule has 0 amide bonds. The van der Waals surface area contributed by atoms with Gasteiger partial charge in [0.1, 0.15) is 5.56 Å². The van der Waals surface area contributed by atoms with E-state index >= 15 is 0 Å². The highest BCUT2D eigenvalue weighted by atomic mass is 19.3. The maximum absolute atomic E-state index is 13.9. The largest absolute Gasteiger partial charge is 0.493 e. The maximum Gasteiger partial charge on any atom is 0.341 e. The molecule has 1 saturated carbocycles. The lowest BCUT2D eigenvalue weighted by Gasteiger charge is -2.46. The minimum absolute atomic E-state index is 0.183. The Bertz CT molecular complexity index is 1050. The number of hydrogen-bond acceptors (Lipinski definition) is 4. The molecule has 1 aliphatic heterocycles. The number of carbonyl (C=O) groups is 1. The summed E-state index contributed by atoms with van der Waals surface area (Å²) in [5.41, 5.74) is 0.362. The predicted octanol–water partition coefficient (Wildman–Crippen LogP) is 3.69. The van der Waals surface area contributed by atoms with Crippen molar-refractivity contribution in [1.29, 1.82) is 0 Å². The lowest BCUT2D eigenvalue weighted by molar-refractivity contribution is -0.0640. The van der Waals surface area contributed by atoms with Crippen molar-refractivity contribution in [3.63, 3.8) is 0 Å². The third kappa shape index (κ3) is 3.07. The van der Waals surface area contributed by atoms with Crippen molar-refractivity contribution in [1.82, 2.24) is 4.57 Å². The van der Waals surface area contributed by atoms with Crippen LogP contribution in [0.15, 0.2) is 29.2 Å². The van der Waals surface area contributed by atoms with Crippen LogP contribution in [0, 0.1) is 0 Å². The molecule has 1 N–H and O–H groups in total. The summed E-state index contributed by atoms with van der Waals surface area (Å²) >= 11 is 0. The summed E-state index contributed by atoms with van der Waals surface area (Å²) in [6.45, 7) is 0. The summed E-state index contributed by atoms with van der Waals surface area (Å²) in [6.07, 6.45) is 1.54. The lowest BCUT2D eigenvalue weighted by atomic mass is 9.72. The van der Waals surface area contributed by atoms with Crippen LogP contribution in [-0.2, 0) is 12.0 Å². The van der Waals surface area contributed by atoms with Crippen molar-refractivity contribution in [2.24, 2.45) is 0 Å².